The highest BCUT2D eigenvalue weighted by molar-refractivity contribution is 7.13. The molecule has 1 aliphatic heterocycles. The number of carbonyl (C=O) groups excluding carboxylic acids is 2. The van der Waals surface area contributed by atoms with Gasteiger partial charge in [-0.25, -0.2) is 4.98 Å². The molecule has 2 rings (SSSR count). The third-order valence-electron chi connectivity index (χ3n) is 4.06. The van der Waals surface area contributed by atoms with Crippen LogP contribution in [0.3, 0.4) is 0 Å². The molecule has 2 amide bonds. The molecule has 6 heteroatoms. The number of amides is 2. The van der Waals surface area contributed by atoms with Crippen LogP contribution in [0, 0.1) is 0 Å². The molecule has 2 heterocycles. The Balaban J connectivity index is 2.26. The van der Waals surface area contributed by atoms with Crippen molar-refractivity contribution in [3.63, 3.8) is 0 Å². The Morgan fingerprint density at radius 3 is 2.50 bits per heavy atom. The lowest BCUT2D eigenvalue weighted by Crippen LogP contribution is -2.64. The first-order valence-electron chi connectivity index (χ1n) is 7.66. The van der Waals surface area contributed by atoms with Gasteiger partial charge in [-0.1, -0.05) is 20.8 Å². The zero-order valence-electron chi connectivity index (χ0n) is 14.3. The van der Waals surface area contributed by atoms with Crippen molar-refractivity contribution in [3.05, 3.63) is 16.1 Å². The van der Waals surface area contributed by atoms with Gasteiger partial charge in [-0.2, -0.15) is 0 Å². The van der Waals surface area contributed by atoms with Crippen LogP contribution in [0.1, 0.15) is 56.2 Å². The van der Waals surface area contributed by atoms with E-state index in [0.717, 1.165) is 5.01 Å². The van der Waals surface area contributed by atoms with Crippen molar-refractivity contribution in [2.45, 2.75) is 52.5 Å². The summed E-state index contributed by atoms with van der Waals surface area (Å²) in [7, 11) is 0. The molecule has 22 heavy (non-hydrogen) atoms. The monoisotopic (exact) mass is 323 g/mol. The lowest BCUT2D eigenvalue weighted by atomic mass is 9.97. The molecular weight excluding hydrogens is 298 g/mol. The minimum atomic E-state index is -0.808. The molecule has 1 aromatic heterocycles. The summed E-state index contributed by atoms with van der Waals surface area (Å²) < 4.78 is 0. The van der Waals surface area contributed by atoms with E-state index < -0.39 is 5.54 Å². The minimum absolute atomic E-state index is 0.00941. The Morgan fingerprint density at radius 1 is 1.36 bits per heavy atom. The second kappa shape index (κ2) is 5.65. The Morgan fingerprint density at radius 2 is 2.00 bits per heavy atom. The number of rotatable bonds is 2. The molecule has 0 aliphatic carbocycles. The van der Waals surface area contributed by atoms with Crippen LogP contribution in [-0.2, 0) is 10.2 Å². The third kappa shape index (κ3) is 2.89. The van der Waals surface area contributed by atoms with Crippen molar-refractivity contribution in [2.24, 2.45) is 0 Å². The lowest BCUT2D eigenvalue weighted by molar-refractivity contribution is -0.146. The number of hydrogen-bond acceptors (Lipinski definition) is 4. The van der Waals surface area contributed by atoms with Crippen LogP contribution in [0.5, 0.6) is 0 Å². The lowest BCUT2D eigenvalue weighted by Gasteiger charge is -2.45. The van der Waals surface area contributed by atoms with Gasteiger partial charge in [0.1, 0.15) is 10.4 Å². The van der Waals surface area contributed by atoms with Crippen molar-refractivity contribution in [2.75, 3.05) is 19.6 Å². The van der Waals surface area contributed by atoms with Crippen molar-refractivity contribution in [3.8, 4) is 0 Å². The molecule has 0 saturated carbocycles. The fourth-order valence-electron chi connectivity index (χ4n) is 2.61. The fourth-order valence-corrected chi connectivity index (χ4v) is 3.54. The highest BCUT2D eigenvalue weighted by Crippen LogP contribution is 2.30. The molecular formula is C16H25N3O2S. The normalized spacial score (nSPS) is 18.7. The first kappa shape index (κ1) is 16.9. The molecule has 122 valence electrons. The minimum Gasteiger partial charge on any atom is -0.339 e. The SMILES string of the molecule is CCN1CCN(C(=O)c2cnc(C(C)(C)C)s2)C(C)(C)C1=O. The van der Waals surface area contributed by atoms with Crippen LogP contribution in [-0.4, -0.2) is 51.8 Å². The number of hydrogen-bond donors (Lipinski definition) is 0. The summed E-state index contributed by atoms with van der Waals surface area (Å²) in [5, 5.41) is 0.937. The largest absolute Gasteiger partial charge is 0.339 e. The summed E-state index contributed by atoms with van der Waals surface area (Å²) >= 11 is 1.42. The van der Waals surface area contributed by atoms with Gasteiger partial charge in [0.25, 0.3) is 5.91 Å². The molecule has 0 bridgehead atoms. The number of thiazole rings is 1. The van der Waals surface area contributed by atoms with E-state index in [2.05, 4.69) is 25.8 Å². The van der Waals surface area contributed by atoms with E-state index in [0.29, 0.717) is 24.5 Å². The predicted molar refractivity (Wildman–Crippen MR) is 88.2 cm³/mol. The summed E-state index contributed by atoms with van der Waals surface area (Å²) in [6.07, 6.45) is 1.64. The molecule has 1 aliphatic rings. The summed E-state index contributed by atoms with van der Waals surface area (Å²) in [6, 6.07) is 0. The van der Waals surface area contributed by atoms with Crippen LogP contribution in [0.4, 0.5) is 0 Å². The Hall–Kier alpha value is -1.43. The molecule has 5 nitrogen and oxygen atoms in total. The summed E-state index contributed by atoms with van der Waals surface area (Å²) in [5.41, 5.74) is -0.882. The molecule has 0 aromatic carbocycles. The topological polar surface area (TPSA) is 53.5 Å². The van der Waals surface area contributed by atoms with E-state index >= 15 is 0 Å². The maximum absolute atomic E-state index is 12.8. The van der Waals surface area contributed by atoms with Crippen molar-refractivity contribution in [1.29, 1.82) is 0 Å². The molecule has 0 radical (unpaired) electrons. The molecule has 0 spiro atoms. The van der Waals surface area contributed by atoms with Crippen LogP contribution in [0.25, 0.3) is 0 Å². The molecule has 1 aromatic rings. The van der Waals surface area contributed by atoms with Gasteiger partial charge in [0.05, 0.1) is 11.2 Å². The van der Waals surface area contributed by atoms with Crippen LogP contribution >= 0.6 is 11.3 Å². The second-order valence-electron chi connectivity index (χ2n) is 7.18. The van der Waals surface area contributed by atoms with Crippen molar-refractivity contribution < 1.29 is 9.59 Å². The highest BCUT2D eigenvalue weighted by atomic mass is 32.1. The van der Waals surface area contributed by atoms with Crippen molar-refractivity contribution in [1.82, 2.24) is 14.8 Å². The number of aromatic nitrogens is 1. The van der Waals surface area contributed by atoms with Gasteiger partial charge in [-0.15, -0.1) is 11.3 Å². The highest BCUT2D eigenvalue weighted by Gasteiger charge is 2.44. The molecule has 0 N–H and O–H groups in total. The van der Waals surface area contributed by atoms with Crippen molar-refractivity contribution >= 4 is 23.2 Å². The van der Waals surface area contributed by atoms with E-state index in [1.165, 1.54) is 11.3 Å². The maximum atomic E-state index is 12.8. The maximum Gasteiger partial charge on any atom is 0.266 e. The summed E-state index contributed by atoms with van der Waals surface area (Å²) in [6.45, 7) is 13.7. The number of carbonyl (C=O) groups is 2. The standard InChI is InChI=1S/C16H25N3O2S/c1-7-18-8-9-19(16(5,6)14(18)21)12(20)11-10-17-13(22-11)15(2,3)4/h10H,7-9H2,1-6H3. The molecule has 1 saturated heterocycles. The summed E-state index contributed by atoms with van der Waals surface area (Å²) in [4.78, 5) is 33.8. The first-order chi connectivity index (χ1) is 10.1. The Labute approximate surface area is 136 Å². The summed E-state index contributed by atoms with van der Waals surface area (Å²) in [5.74, 6) is -0.0859. The molecule has 1 fully saturated rings. The quantitative estimate of drug-likeness (QED) is 0.840. The first-order valence-corrected chi connectivity index (χ1v) is 8.48. The fraction of sp³-hybridized carbons (Fsp3) is 0.688. The average molecular weight is 323 g/mol. The van der Waals surface area contributed by atoms with E-state index in [1.54, 1.807) is 16.0 Å². The Bertz CT molecular complexity index is 586. The van der Waals surface area contributed by atoms with E-state index in [9.17, 15) is 9.59 Å². The average Bonchev–Trinajstić information content (AvgIpc) is 2.90. The van der Waals surface area contributed by atoms with Gasteiger partial charge in [0.15, 0.2) is 0 Å². The van der Waals surface area contributed by atoms with Crippen LogP contribution in [0.2, 0.25) is 0 Å². The van der Waals surface area contributed by atoms with E-state index in [4.69, 9.17) is 0 Å². The molecule has 0 unspecified atom stereocenters. The van der Waals surface area contributed by atoms with Gasteiger partial charge < -0.3 is 9.80 Å². The van der Waals surface area contributed by atoms with Gasteiger partial charge in [-0.3, -0.25) is 9.59 Å². The zero-order valence-corrected chi connectivity index (χ0v) is 15.1. The van der Waals surface area contributed by atoms with Gasteiger partial charge in [0, 0.05) is 25.0 Å². The number of likely N-dealkylation sites (N-methyl/N-ethyl adjacent to an activating group) is 1. The number of nitrogens with zero attached hydrogens (tertiary/aromatic N) is 3. The van der Waals surface area contributed by atoms with Crippen LogP contribution < -0.4 is 0 Å². The third-order valence-corrected chi connectivity index (χ3v) is 5.47. The van der Waals surface area contributed by atoms with Crippen LogP contribution in [0.15, 0.2) is 6.20 Å². The van der Waals surface area contributed by atoms with Gasteiger partial charge >= 0.3 is 0 Å². The van der Waals surface area contributed by atoms with E-state index in [1.807, 2.05) is 20.8 Å². The zero-order chi connectivity index (χ0) is 16.7. The predicted octanol–water partition coefficient (Wildman–Crippen LogP) is 2.52. The second-order valence-corrected chi connectivity index (χ2v) is 8.21. The number of piperazine rings is 1. The van der Waals surface area contributed by atoms with Gasteiger partial charge in [-0.05, 0) is 20.8 Å². The smallest absolute Gasteiger partial charge is 0.266 e. The van der Waals surface area contributed by atoms with E-state index in [-0.39, 0.29) is 17.2 Å². The van der Waals surface area contributed by atoms with Gasteiger partial charge in [0.2, 0.25) is 5.91 Å². The Kier molecular flexibility index (Phi) is 4.35. The molecule has 0 atom stereocenters.